The highest BCUT2D eigenvalue weighted by Gasteiger charge is 2.23. The van der Waals surface area contributed by atoms with Crippen LogP contribution in [0, 0.1) is 18.3 Å². The highest BCUT2D eigenvalue weighted by Crippen LogP contribution is 2.20. The molecule has 0 saturated carbocycles. The number of aromatic nitrogens is 3. The van der Waals surface area contributed by atoms with Crippen molar-refractivity contribution in [2.75, 3.05) is 19.7 Å². The molecule has 0 bridgehead atoms. The van der Waals surface area contributed by atoms with E-state index in [4.69, 9.17) is 4.74 Å². The molecule has 0 aromatic carbocycles. The molecule has 0 unspecified atom stereocenters. The Bertz CT molecular complexity index is 919. The average molecular weight is 335 g/mol. The second-order valence-corrected chi connectivity index (χ2v) is 6.60. The molecule has 0 radical (unpaired) electrons. The Morgan fingerprint density at radius 2 is 2.28 bits per heavy atom. The monoisotopic (exact) mass is 335 g/mol. The fourth-order valence-electron chi connectivity index (χ4n) is 3.48. The standard InChI is InChI=1S/C19H21N5O/c1-15-9-21-24(10-15)14-17-13-22(6-7-25-17)11-16-12-23-5-3-2-4-19(23)18(16)8-20/h2-5,9-10,12,17H,6-7,11,13-14H2,1H3/t17-/m1/s1. The molecule has 0 amide bonds. The van der Waals surface area contributed by atoms with Crippen LogP contribution >= 0.6 is 0 Å². The van der Waals surface area contributed by atoms with Gasteiger partial charge in [0.25, 0.3) is 0 Å². The summed E-state index contributed by atoms with van der Waals surface area (Å²) in [5.74, 6) is 0. The highest BCUT2D eigenvalue weighted by atomic mass is 16.5. The van der Waals surface area contributed by atoms with Crippen molar-refractivity contribution in [2.24, 2.45) is 0 Å². The van der Waals surface area contributed by atoms with Gasteiger partial charge >= 0.3 is 0 Å². The molecule has 0 N–H and O–H groups in total. The first kappa shape index (κ1) is 15.9. The second kappa shape index (κ2) is 6.71. The van der Waals surface area contributed by atoms with E-state index in [1.165, 1.54) is 0 Å². The van der Waals surface area contributed by atoms with Crippen molar-refractivity contribution in [3.63, 3.8) is 0 Å². The third-order valence-corrected chi connectivity index (χ3v) is 4.64. The summed E-state index contributed by atoms with van der Waals surface area (Å²) in [6.07, 6.45) is 8.08. The van der Waals surface area contributed by atoms with Crippen molar-refractivity contribution < 1.29 is 4.74 Å². The van der Waals surface area contributed by atoms with E-state index in [0.717, 1.165) is 48.4 Å². The van der Waals surface area contributed by atoms with Gasteiger partial charge in [0, 0.05) is 43.8 Å². The smallest absolute Gasteiger partial charge is 0.102 e. The molecule has 1 saturated heterocycles. The van der Waals surface area contributed by atoms with E-state index < -0.39 is 0 Å². The lowest BCUT2D eigenvalue weighted by Gasteiger charge is -2.32. The summed E-state index contributed by atoms with van der Waals surface area (Å²) in [4.78, 5) is 2.36. The Labute approximate surface area is 146 Å². The van der Waals surface area contributed by atoms with Crippen LogP contribution in [0.4, 0.5) is 0 Å². The molecular formula is C19H21N5O. The summed E-state index contributed by atoms with van der Waals surface area (Å²) in [7, 11) is 0. The fourth-order valence-corrected chi connectivity index (χ4v) is 3.48. The first-order valence-corrected chi connectivity index (χ1v) is 8.54. The fraction of sp³-hybridized carbons (Fsp3) is 0.368. The highest BCUT2D eigenvalue weighted by molar-refractivity contribution is 5.65. The van der Waals surface area contributed by atoms with E-state index in [1.807, 2.05) is 52.8 Å². The number of nitriles is 1. The zero-order chi connectivity index (χ0) is 17.2. The normalized spacial score (nSPS) is 18.5. The average Bonchev–Trinajstić information content (AvgIpc) is 3.17. The maximum absolute atomic E-state index is 9.57. The molecule has 1 fully saturated rings. The zero-order valence-corrected chi connectivity index (χ0v) is 14.3. The molecule has 4 heterocycles. The topological polar surface area (TPSA) is 58.5 Å². The number of ether oxygens (including phenoxy) is 1. The van der Waals surface area contributed by atoms with Gasteiger partial charge in [-0.05, 0) is 24.6 Å². The van der Waals surface area contributed by atoms with Crippen LogP contribution in [0.2, 0.25) is 0 Å². The number of fused-ring (bicyclic) bond motifs is 1. The minimum Gasteiger partial charge on any atom is -0.374 e. The Morgan fingerprint density at radius 1 is 1.36 bits per heavy atom. The molecule has 3 aromatic heterocycles. The number of morpholine rings is 1. The number of hydrogen-bond acceptors (Lipinski definition) is 4. The van der Waals surface area contributed by atoms with Crippen LogP contribution in [0.25, 0.3) is 5.52 Å². The SMILES string of the molecule is Cc1cnn(C[C@H]2CN(Cc3cn4ccccc4c3C#N)CCO2)c1. The molecule has 6 heteroatoms. The molecule has 1 aliphatic heterocycles. The van der Waals surface area contributed by atoms with Crippen LogP contribution in [-0.4, -0.2) is 44.9 Å². The molecule has 1 atom stereocenters. The molecule has 1 aliphatic rings. The number of aryl methyl sites for hydroxylation is 1. The second-order valence-electron chi connectivity index (χ2n) is 6.60. The number of rotatable bonds is 4. The predicted octanol–water partition coefficient (Wildman–Crippen LogP) is 2.22. The summed E-state index contributed by atoms with van der Waals surface area (Å²) in [6, 6.07) is 8.31. The van der Waals surface area contributed by atoms with E-state index in [2.05, 4.69) is 22.3 Å². The third-order valence-electron chi connectivity index (χ3n) is 4.64. The number of hydrogen-bond donors (Lipinski definition) is 0. The van der Waals surface area contributed by atoms with Crippen molar-refractivity contribution in [1.29, 1.82) is 5.26 Å². The van der Waals surface area contributed by atoms with Crippen LogP contribution in [0.1, 0.15) is 16.7 Å². The summed E-state index contributed by atoms with van der Waals surface area (Å²) < 4.78 is 9.87. The van der Waals surface area contributed by atoms with Crippen LogP contribution in [0.15, 0.2) is 43.0 Å². The van der Waals surface area contributed by atoms with E-state index in [-0.39, 0.29) is 6.10 Å². The van der Waals surface area contributed by atoms with Gasteiger partial charge in [0.2, 0.25) is 0 Å². The Kier molecular flexibility index (Phi) is 4.26. The van der Waals surface area contributed by atoms with Gasteiger partial charge in [0.15, 0.2) is 0 Å². The third kappa shape index (κ3) is 3.29. The van der Waals surface area contributed by atoms with Crippen molar-refractivity contribution in [2.45, 2.75) is 26.1 Å². The molecule has 0 aliphatic carbocycles. The lowest BCUT2D eigenvalue weighted by molar-refractivity contribution is -0.0402. The van der Waals surface area contributed by atoms with Crippen LogP contribution in [0.3, 0.4) is 0 Å². The van der Waals surface area contributed by atoms with Crippen molar-refractivity contribution in [3.8, 4) is 6.07 Å². The van der Waals surface area contributed by atoms with Gasteiger partial charge in [0.05, 0.1) is 36.5 Å². The van der Waals surface area contributed by atoms with Crippen LogP contribution < -0.4 is 0 Å². The summed E-state index contributed by atoms with van der Waals surface area (Å²) in [6.45, 7) is 6.00. The van der Waals surface area contributed by atoms with Gasteiger partial charge < -0.3 is 9.14 Å². The van der Waals surface area contributed by atoms with Gasteiger partial charge in [-0.2, -0.15) is 10.4 Å². The Morgan fingerprint density at radius 3 is 3.08 bits per heavy atom. The minimum atomic E-state index is 0.121. The van der Waals surface area contributed by atoms with E-state index in [9.17, 15) is 5.26 Å². The van der Waals surface area contributed by atoms with Gasteiger partial charge in [0.1, 0.15) is 6.07 Å². The van der Waals surface area contributed by atoms with Gasteiger partial charge in [-0.1, -0.05) is 6.07 Å². The molecule has 0 spiro atoms. The lowest BCUT2D eigenvalue weighted by atomic mass is 10.1. The molecule has 6 nitrogen and oxygen atoms in total. The van der Waals surface area contributed by atoms with E-state index >= 15 is 0 Å². The molecule has 128 valence electrons. The van der Waals surface area contributed by atoms with E-state index in [0.29, 0.717) is 6.61 Å². The van der Waals surface area contributed by atoms with Gasteiger partial charge in [-0.25, -0.2) is 0 Å². The van der Waals surface area contributed by atoms with Crippen LogP contribution in [-0.2, 0) is 17.8 Å². The van der Waals surface area contributed by atoms with Crippen LogP contribution in [0.5, 0.6) is 0 Å². The number of nitrogens with zero attached hydrogens (tertiary/aromatic N) is 5. The Hall–Kier alpha value is -2.62. The molecule has 4 rings (SSSR count). The molecule has 25 heavy (non-hydrogen) atoms. The Balaban J connectivity index is 1.48. The van der Waals surface area contributed by atoms with Gasteiger partial charge in [-0.3, -0.25) is 9.58 Å². The van der Waals surface area contributed by atoms with Crippen molar-refractivity contribution in [3.05, 3.63) is 59.7 Å². The first-order valence-electron chi connectivity index (χ1n) is 8.54. The first-order chi connectivity index (χ1) is 12.2. The van der Waals surface area contributed by atoms with Gasteiger partial charge in [-0.15, -0.1) is 0 Å². The quantitative estimate of drug-likeness (QED) is 0.733. The van der Waals surface area contributed by atoms with Crippen molar-refractivity contribution in [1.82, 2.24) is 19.1 Å². The minimum absolute atomic E-state index is 0.121. The number of pyridine rings is 1. The summed E-state index contributed by atoms with van der Waals surface area (Å²) in [5, 5.41) is 13.9. The summed E-state index contributed by atoms with van der Waals surface area (Å²) >= 11 is 0. The molecular weight excluding hydrogens is 314 g/mol. The maximum Gasteiger partial charge on any atom is 0.102 e. The summed E-state index contributed by atoms with van der Waals surface area (Å²) in [5.41, 5.74) is 3.97. The lowest BCUT2D eigenvalue weighted by Crippen LogP contribution is -2.43. The predicted molar refractivity (Wildman–Crippen MR) is 94.1 cm³/mol. The van der Waals surface area contributed by atoms with Crippen molar-refractivity contribution >= 4 is 5.52 Å². The zero-order valence-electron chi connectivity index (χ0n) is 14.3. The maximum atomic E-state index is 9.57. The largest absolute Gasteiger partial charge is 0.374 e. The van der Waals surface area contributed by atoms with E-state index in [1.54, 1.807) is 0 Å². The molecule has 3 aromatic rings.